The van der Waals surface area contributed by atoms with Crippen LogP contribution in [0.25, 0.3) is 0 Å². The van der Waals surface area contributed by atoms with Crippen molar-refractivity contribution in [2.24, 2.45) is 16.8 Å². The van der Waals surface area contributed by atoms with E-state index in [-0.39, 0.29) is 35.8 Å². The maximum atomic E-state index is 11.8. The quantitative estimate of drug-likeness (QED) is 0.163. The molecule has 1 saturated carbocycles. The molecule has 164 valence electrons. The van der Waals surface area contributed by atoms with Gasteiger partial charge in [-0.2, -0.15) is 0 Å². The summed E-state index contributed by atoms with van der Waals surface area (Å²) in [5.74, 6) is 1.99. The number of rotatable bonds is 12. The number of guanidine groups is 1. The predicted molar refractivity (Wildman–Crippen MR) is 123 cm³/mol. The number of aliphatic imine (C=N–C) groups is 1. The average Bonchev–Trinajstić information content (AvgIpc) is 2.63. The summed E-state index contributed by atoms with van der Waals surface area (Å²) in [6, 6.07) is 0. The van der Waals surface area contributed by atoms with Gasteiger partial charge in [0.05, 0.1) is 0 Å². The summed E-state index contributed by atoms with van der Waals surface area (Å²) in [6.45, 7) is 8.54. The molecule has 3 N–H and O–H groups in total. The van der Waals surface area contributed by atoms with Crippen molar-refractivity contribution in [3.8, 4) is 0 Å². The second-order valence-corrected chi connectivity index (χ2v) is 7.44. The van der Waals surface area contributed by atoms with Gasteiger partial charge >= 0.3 is 0 Å². The van der Waals surface area contributed by atoms with Gasteiger partial charge in [0.1, 0.15) is 0 Å². The normalized spacial score (nSPS) is 18.1. The van der Waals surface area contributed by atoms with Crippen LogP contribution in [-0.2, 0) is 14.3 Å². The van der Waals surface area contributed by atoms with Crippen molar-refractivity contribution in [1.29, 1.82) is 0 Å². The highest BCUT2D eigenvalue weighted by atomic mass is 127. The van der Waals surface area contributed by atoms with Crippen molar-refractivity contribution >= 4 is 35.8 Å². The van der Waals surface area contributed by atoms with Gasteiger partial charge < -0.3 is 25.4 Å². The first-order chi connectivity index (χ1) is 13.3. The lowest BCUT2D eigenvalue weighted by molar-refractivity contribution is -0.127. The lowest BCUT2D eigenvalue weighted by atomic mass is 9.85. The molecule has 0 spiro atoms. The number of hydrogen-bond acceptors (Lipinski definition) is 4. The van der Waals surface area contributed by atoms with Crippen LogP contribution in [0.4, 0.5) is 0 Å². The predicted octanol–water partition coefficient (Wildman–Crippen LogP) is 2.30. The van der Waals surface area contributed by atoms with Gasteiger partial charge in [-0.3, -0.25) is 9.79 Å². The molecule has 2 fully saturated rings. The summed E-state index contributed by atoms with van der Waals surface area (Å²) < 4.78 is 11.2. The molecule has 0 bridgehead atoms. The molecule has 2 rings (SSSR count). The van der Waals surface area contributed by atoms with Gasteiger partial charge in [-0.15, -0.1) is 24.0 Å². The second kappa shape index (κ2) is 16.2. The molecule has 1 aliphatic carbocycles. The Labute approximate surface area is 187 Å². The van der Waals surface area contributed by atoms with Crippen molar-refractivity contribution < 1.29 is 14.3 Å². The summed E-state index contributed by atoms with van der Waals surface area (Å²) >= 11 is 0. The van der Waals surface area contributed by atoms with E-state index in [9.17, 15) is 4.79 Å². The minimum Gasteiger partial charge on any atom is -0.381 e. The number of nitrogens with one attached hydrogen (secondary N) is 3. The van der Waals surface area contributed by atoms with Crippen molar-refractivity contribution in [2.75, 3.05) is 52.6 Å². The zero-order valence-electron chi connectivity index (χ0n) is 17.3. The first kappa shape index (κ1) is 25.4. The molecule has 0 aromatic carbocycles. The van der Waals surface area contributed by atoms with E-state index in [4.69, 9.17) is 9.47 Å². The SMILES string of the molecule is CCNC(=NCCCNC(=O)C1CCC1)NCCCOCC1CCOCC1.I. The van der Waals surface area contributed by atoms with E-state index in [1.165, 1.54) is 6.42 Å². The van der Waals surface area contributed by atoms with Crippen molar-refractivity contribution in [3.05, 3.63) is 0 Å². The second-order valence-electron chi connectivity index (χ2n) is 7.44. The molecule has 28 heavy (non-hydrogen) atoms. The fourth-order valence-electron chi connectivity index (χ4n) is 3.18. The number of amides is 1. The summed E-state index contributed by atoms with van der Waals surface area (Å²) in [4.78, 5) is 16.3. The van der Waals surface area contributed by atoms with Crippen LogP contribution in [0.15, 0.2) is 4.99 Å². The van der Waals surface area contributed by atoms with Crippen molar-refractivity contribution in [1.82, 2.24) is 16.0 Å². The monoisotopic (exact) mass is 510 g/mol. The maximum Gasteiger partial charge on any atom is 0.223 e. The molecule has 0 unspecified atom stereocenters. The lowest BCUT2D eigenvalue weighted by Gasteiger charge is -2.23. The van der Waals surface area contributed by atoms with Crippen LogP contribution >= 0.6 is 24.0 Å². The Hall–Kier alpha value is -0.610. The number of carbonyl (C=O) groups excluding carboxylic acids is 1. The van der Waals surface area contributed by atoms with E-state index in [1.54, 1.807) is 0 Å². The van der Waals surface area contributed by atoms with Crippen LogP contribution in [0.5, 0.6) is 0 Å². The van der Waals surface area contributed by atoms with Gasteiger partial charge in [0.15, 0.2) is 5.96 Å². The van der Waals surface area contributed by atoms with E-state index < -0.39 is 0 Å². The summed E-state index contributed by atoms with van der Waals surface area (Å²) in [5.41, 5.74) is 0. The molecule has 8 heteroatoms. The van der Waals surface area contributed by atoms with E-state index in [0.717, 1.165) is 84.0 Å². The maximum absolute atomic E-state index is 11.8. The Kier molecular flexibility index (Phi) is 14.7. The smallest absolute Gasteiger partial charge is 0.223 e. The largest absolute Gasteiger partial charge is 0.381 e. The third-order valence-electron chi connectivity index (χ3n) is 5.18. The van der Waals surface area contributed by atoms with Crippen LogP contribution in [0.3, 0.4) is 0 Å². The lowest BCUT2D eigenvalue weighted by Crippen LogP contribution is -2.38. The third-order valence-corrected chi connectivity index (χ3v) is 5.18. The molecule has 7 nitrogen and oxygen atoms in total. The van der Waals surface area contributed by atoms with Crippen LogP contribution < -0.4 is 16.0 Å². The summed E-state index contributed by atoms with van der Waals surface area (Å²) in [7, 11) is 0. The molecular formula is C20H39IN4O3. The van der Waals surface area contributed by atoms with Gasteiger partial charge in [-0.05, 0) is 51.4 Å². The molecule has 1 saturated heterocycles. The standard InChI is InChI=1S/C20H38N4O3.HI/c1-2-21-20(23-11-4-10-22-19(25)18-6-3-7-18)24-12-5-13-27-16-17-8-14-26-15-9-17;/h17-18H,2-16H2,1H3,(H,22,25)(H2,21,23,24);1H. The van der Waals surface area contributed by atoms with Gasteiger partial charge in [0.2, 0.25) is 5.91 Å². The number of carbonyl (C=O) groups is 1. The third kappa shape index (κ3) is 10.8. The highest BCUT2D eigenvalue weighted by Crippen LogP contribution is 2.26. The fraction of sp³-hybridized carbons (Fsp3) is 0.900. The minimum atomic E-state index is 0. The molecule has 0 aromatic heterocycles. The van der Waals surface area contributed by atoms with Gasteiger partial charge in [0, 0.05) is 58.5 Å². The van der Waals surface area contributed by atoms with Crippen LogP contribution in [0, 0.1) is 11.8 Å². The van der Waals surface area contributed by atoms with E-state index in [1.807, 2.05) is 0 Å². The van der Waals surface area contributed by atoms with E-state index >= 15 is 0 Å². The highest BCUT2D eigenvalue weighted by Gasteiger charge is 2.24. The molecule has 1 amide bonds. The Bertz CT molecular complexity index is 441. The Morgan fingerprint density at radius 2 is 1.82 bits per heavy atom. The summed E-state index contributed by atoms with van der Waals surface area (Å²) in [6.07, 6.45) is 7.37. The number of ether oxygens (including phenoxy) is 2. The first-order valence-corrected chi connectivity index (χ1v) is 10.7. The number of hydrogen-bond donors (Lipinski definition) is 3. The Morgan fingerprint density at radius 1 is 1.07 bits per heavy atom. The van der Waals surface area contributed by atoms with Gasteiger partial charge in [-0.1, -0.05) is 6.42 Å². The summed E-state index contributed by atoms with van der Waals surface area (Å²) in [5, 5.41) is 9.62. The van der Waals surface area contributed by atoms with E-state index in [0.29, 0.717) is 19.0 Å². The molecule has 2 aliphatic rings. The Morgan fingerprint density at radius 3 is 2.50 bits per heavy atom. The topological polar surface area (TPSA) is 84.0 Å². The van der Waals surface area contributed by atoms with Crippen molar-refractivity contribution in [3.63, 3.8) is 0 Å². The molecule has 0 radical (unpaired) electrons. The highest BCUT2D eigenvalue weighted by molar-refractivity contribution is 14.0. The zero-order chi connectivity index (χ0) is 19.2. The molecular weight excluding hydrogens is 471 g/mol. The van der Waals surface area contributed by atoms with Crippen LogP contribution in [0.2, 0.25) is 0 Å². The molecule has 1 heterocycles. The molecule has 0 atom stereocenters. The first-order valence-electron chi connectivity index (χ1n) is 10.7. The number of nitrogens with zero attached hydrogens (tertiary/aromatic N) is 1. The fourth-order valence-corrected chi connectivity index (χ4v) is 3.18. The average molecular weight is 510 g/mol. The van der Waals surface area contributed by atoms with Crippen molar-refractivity contribution in [2.45, 2.75) is 51.9 Å². The van der Waals surface area contributed by atoms with E-state index in [2.05, 4.69) is 27.9 Å². The van der Waals surface area contributed by atoms with Gasteiger partial charge in [-0.25, -0.2) is 0 Å². The Balaban J connectivity index is 0.00000392. The molecule has 1 aliphatic heterocycles. The van der Waals surface area contributed by atoms with Crippen LogP contribution in [-0.4, -0.2) is 64.5 Å². The zero-order valence-corrected chi connectivity index (χ0v) is 19.7. The molecule has 0 aromatic rings. The van der Waals surface area contributed by atoms with Gasteiger partial charge in [0.25, 0.3) is 0 Å². The van der Waals surface area contributed by atoms with Crippen LogP contribution in [0.1, 0.15) is 51.9 Å². The number of halogens is 1. The minimum absolute atomic E-state index is 0.